The van der Waals surface area contributed by atoms with Crippen molar-refractivity contribution in [2.75, 3.05) is 26.4 Å². The lowest BCUT2D eigenvalue weighted by Crippen LogP contribution is -2.26. The quantitative estimate of drug-likeness (QED) is 0.820. The molecule has 21 heavy (non-hydrogen) atoms. The molecule has 0 saturated carbocycles. The summed E-state index contributed by atoms with van der Waals surface area (Å²) >= 11 is 6.11. The van der Waals surface area contributed by atoms with Crippen LogP contribution in [-0.4, -0.2) is 38.4 Å². The average Bonchev–Trinajstić information content (AvgIpc) is 2.46. The first-order chi connectivity index (χ1) is 10.1. The zero-order valence-electron chi connectivity index (χ0n) is 12.3. The topological polar surface area (TPSA) is 56.8 Å². The Morgan fingerprint density at radius 2 is 2.14 bits per heavy atom. The molecule has 1 aliphatic heterocycles. The lowest BCUT2D eigenvalue weighted by molar-refractivity contribution is 0.0757. The third-order valence-electron chi connectivity index (χ3n) is 2.92. The zero-order valence-corrected chi connectivity index (χ0v) is 13.0. The van der Waals surface area contributed by atoms with Gasteiger partial charge in [0.15, 0.2) is 11.5 Å². The van der Waals surface area contributed by atoms with Crippen molar-refractivity contribution >= 4 is 17.5 Å². The average molecular weight is 314 g/mol. The highest BCUT2D eigenvalue weighted by atomic mass is 35.5. The molecule has 0 spiro atoms. The number of hydrogen-bond acceptors (Lipinski definition) is 4. The number of carbonyl (C=O) groups excluding carboxylic acids is 1. The predicted molar refractivity (Wildman–Crippen MR) is 80.5 cm³/mol. The van der Waals surface area contributed by atoms with E-state index >= 15 is 0 Å². The second-order valence-corrected chi connectivity index (χ2v) is 5.42. The van der Waals surface area contributed by atoms with E-state index in [1.54, 1.807) is 12.1 Å². The highest BCUT2D eigenvalue weighted by Crippen LogP contribution is 2.38. The molecule has 1 amide bonds. The summed E-state index contributed by atoms with van der Waals surface area (Å²) < 4.78 is 16.3. The van der Waals surface area contributed by atoms with Gasteiger partial charge < -0.3 is 19.5 Å². The van der Waals surface area contributed by atoms with Crippen molar-refractivity contribution in [3.05, 3.63) is 22.7 Å². The van der Waals surface area contributed by atoms with E-state index in [2.05, 4.69) is 5.32 Å². The van der Waals surface area contributed by atoms with Crippen LogP contribution in [0, 0.1) is 0 Å². The summed E-state index contributed by atoms with van der Waals surface area (Å²) in [6.45, 7) is 6.07. The third kappa shape index (κ3) is 4.51. The SMILES string of the molecule is CC(C)OCCCNC(=O)c1cc(Cl)c2c(c1)OCCO2. The molecule has 1 aromatic rings. The molecule has 0 radical (unpaired) electrons. The van der Waals surface area contributed by atoms with Crippen LogP contribution < -0.4 is 14.8 Å². The minimum absolute atomic E-state index is 0.182. The van der Waals surface area contributed by atoms with E-state index in [-0.39, 0.29) is 12.0 Å². The van der Waals surface area contributed by atoms with Crippen LogP contribution in [0.4, 0.5) is 0 Å². The molecule has 1 heterocycles. The second-order valence-electron chi connectivity index (χ2n) is 5.01. The number of halogens is 1. The van der Waals surface area contributed by atoms with Gasteiger partial charge in [-0.3, -0.25) is 4.79 Å². The van der Waals surface area contributed by atoms with Gasteiger partial charge >= 0.3 is 0 Å². The number of benzene rings is 1. The minimum Gasteiger partial charge on any atom is -0.486 e. The number of ether oxygens (including phenoxy) is 3. The Morgan fingerprint density at radius 3 is 2.90 bits per heavy atom. The Morgan fingerprint density at radius 1 is 1.38 bits per heavy atom. The number of carbonyl (C=O) groups is 1. The lowest BCUT2D eigenvalue weighted by Gasteiger charge is -2.20. The van der Waals surface area contributed by atoms with E-state index in [4.69, 9.17) is 25.8 Å². The van der Waals surface area contributed by atoms with Gasteiger partial charge in [-0.1, -0.05) is 11.6 Å². The Balaban J connectivity index is 1.89. The van der Waals surface area contributed by atoms with Crippen molar-refractivity contribution in [3.63, 3.8) is 0 Å². The Labute approximate surface area is 129 Å². The normalized spacial score (nSPS) is 13.3. The maximum atomic E-state index is 12.1. The van der Waals surface area contributed by atoms with Crippen LogP contribution in [0.15, 0.2) is 12.1 Å². The fourth-order valence-corrected chi connectivity index (χ4v) is 2.20. The maximum absolute atomic E-state index is 12.1. The highest BCUT2D eigenvalue weighted by Gasteiger charge is 2.19. The molecule has 2 rings (SSSR count). The Bertz CT molecular complexity index is 505. The number of rotatable bonds is 6. The molecule has 1 aliphatic rings. The van der Waals surface area contributed by atoms with Crippen molar-refractivity contribution in [2.45, 2.75) is 26.4 Å². The van der Waals surface area contributed by atoms with Crippen LogP contribution in [0.5, 0.6) is 11.5 Å². The molecule has 0 atom stereocenters. The summed E-state index contributed by atoms with van der Waals surface area (Å²) in [5.41, 5.74) is 0.467. The highest BCUT2D eigenvalue weighted by molar-refractivity contribution is 6.32. The van der Waals surface area contributed by atoms with Crippen LogP contribution in [0.25, 0.3) is 0 Å². The van der Waals surface area contributed by atoms with Gasteiger partial charge in [-0.2, -0.15) is 0 Å². The second kappa shape index (κ2) is 7.52. The summed E-state index contributed by atoms with van der Waals surface area (Å²) in [7, 11) is 0. The van der Waals surface area contributed by atoms with E-state index in [1.165, 1.54) is 0 Å². The Hall–Kier alpha value is -1.46. The molecule has 116 valence electrons. The summed E-state index contributed by atoms with van der Waals surface area (Å²) in [4.78, 5) is 12.1. The number of amides is 1. The molecular weight excluding hydrogens is 294 g/mol. The summed E-state index contributed by atoms with van der Waals surface area (Å²) in [6.07, 6.45) is 0.972. The predicted octanol–water partition coefficient (Wildman–Crippen LogP) is 2.66. The minimum atomic E-state index is -0.182. The monoisotopic (exact) mass is 313 g/mol. The van der Waals surface area contributed by atoms with Gasteiger partial charge in [-0.05, 0) is 32.4 Å². The molecular formula is C15H20ClNO4. The fourth-order valence-electron chi connectivity index (χ4n) is 1.94. The lowest BCUT2D eigenvalue weighted by atomic mass is 10.1. The molecule has 0 saturated heterocycles. The molecule has 1 aromatic carbocycles. The van der Waals surface area contributed by atoms with E-state index < -0.39 is 0 Å². The molecule has 0 aromatic heterocycles. The first kappa shape index (κ1) is 15.9. The van der Waals surface area contributed by atoms with Crippen LogP contribution in [0.1, 0.15) is 30.6 Å². The van der Waals surface area contributed by atoms with Crippen molar-refractivity contribution in [3.8, 4) is 11.5 Å². The summed E-state index contributed by atoms with van der Waals surface area (Å²) in [6, 6.07) is 3.25. The van der Waals surface area contributed by atoms with Gasteiger partial charge in [0.25, 0.3) is 5.91 Å². The first-order valence-electron chi connectivity index (χ1n) is 7.07. The maximum Gasteiger partial charge on any atom is 0.251 e. The van der Waals surface area contributed by atoms with E-state index in [0.29, 0.717) is 48.5 Å². The van der Waals surface area contributed by atoms with Crippen molar-refractivity contribution in [1.82, 2.24) is 5.32 Å². The Kier molecular flexibility index (Phi) is 5.70. The van der Waals surface area contributed by atoms with Crippen molar-refractivity contribution in [2.24, 2.45) is 0 Å². The molecule has 6 heteroatoms. The van der Waals surface area contributed by atoms with E-state index in [9.17, 15) is 4.79 Å². The molecule has 1 N–H and O–H groups in total. The van der Waals surface area contributed by atoms with Gasteiger partial charge in [0.05, 0.1) is 11.1 Å². The van der Waals surface area contributed by atoms with E-state index in [1.807, 2.05) is 13.8 Å². The van der Waals surface area contributed by atoms with Gasteiger partial charge in [0, 0.05) is 18.7 Å². The van der Waals surface area contributed by atoms with Crippen LogP contribution >= 0.6 is 11.6 Å². The smallest absolute Gasteiger partial charge is 0.251 e. The van der Waals surface area contributed by atoms with Crippen molar-refractivity contribution < 1.29 is 19.0 Å². The fraction of sp³-hybridized carbons (Fsp3) is 0.533. The van der Waals surface area contributed by atoms with Crippen LogP contribution in [0.3, 0.4) is 0 Å². The third-order valence-corrected chi connectivity index (χ3v) is 3.20. The number of hydrogen-bond donors (Lipinski definition) is 1. The summed E-state index contributed by atoms with van der Waals surface area (Å²) in [5.74, 6) is 0.838. The standard InChI is InChI=1S/C15H20ClNO4/c1-10(2)19-5-3-4-17-15(18)11-8-12(16)14-13(9-11)20-6-7-21-14/h8-10H,3-7H2,1-2H3,(H,17,18). The molecule has 0 fully saturated rings. The van der Waals surface area contributed by atoms with Crippen LogP contribution in [-0.2, 0) is 4.74 Å². The number of nitrogens with one attached hydrogen (secondary N) is 1. The largest absolute Gasteiger partial charge is 0.486 e. The van der Waals surface area contributed by atoms with E-state index in [0.717, 1.165) is 6.42 Å². The first-order valence-corrected chi connectivity index (χ1v) is 7.44. The van der Waals surface area contributed by atoms with Gasteiger partial charge in [-0.15, -0.1) is 0 Å². The van der Waals surface area contributed by atoms with Gasteiger partial charge in [0.1, 0.15) is 13.2 Å². The molecule has 0 bridgehead atoms. The molecule has 0 aliphatic carbocycles. The summed E-state index contributed by atoms with van der Waals surface area (Å²) in [5, 5.41) is 3.22. The zero-order chi connectivity index (χ0) is 15.2. The van der Waals surface area contributed by atoms with Gasteiger partial charge in [0.2, 0.25) is 0 Å². The van der Waals surface area contributed by atoms with Gasteiger partial charge in [-0.25, -0.2) is 0 Å². The van der Waals surface area contributed by atoms with Crippen LogP contribution in [0.2, 0.25) is 5.02 Å². The molecule has 0 unspecified atom stereocenters. The number of fused-ring (bicyclic) bond motifs is 1. The van der Waals surface area contributed by atoms with Crippen molar-refractivity contribution in [1.29, 1.82) is 0 Å². The molecule has 5 nitrogen and oxygen atoms in total.